The van der Waals surface area contributed by atoms with Crippen LogP contribution in [0.25, 0.3) is 28.0 Å². The average molecular weight is 569 g/mol. The third-order valence-corrected chi connectivity index (χ3v) is 9.02. The number of piperidine rings is 1. The second kappa shape index (κ2) is 9.59. The number of nitrogens with two attached hydrogens (primary N) is 1. The molecule has 0 saturated carbocycles. The van der Waals surface area contributed by atoms with E-state index in [0.717, 1.165) is 31.2 Å². The molecule has 3 atom stereocenters. The number of amides is 1. The topological polar surface area (TPSA) is 144 Å². The van der Waals surface area contributed by atoms with E-state index in [9.17, 15) is 27.1 Å². The number of aliphatic hydroxyl groups excluding tert-OH is 1. The van der Waals surface area contributed by atoms with Gasteiger partial charge in [0.05, 0.1) is 17.6 Å². The predicted molar refractivity (Wildman–Crippen MR) is 142 cm³/mol. The molecule has 13 heteroatoms. The SMILES string of the molecule is CS(=O)(=O)c1c([C@H]2C[C@H]3CC[C@@H](C2)N3C(=O)CO)nc2c(-c3ccc(-c4ccc(F)cc4F)nc3)cnn2c1N. The van der Waals surface area contributed by atoms with E-state index < -0.39 is 28.1 Å². The molecule has 1 aromatic carbocycles. The van der Waals surface area contributed by atoms with E-state index in [2.05, 4.69) is 10.1 Å². The second-order valence-corrected chi connectivity index (χ2v) is 12.3. The summed E-state index contributed by atoms with van der Waals surface area (Å²) in [7, 11) is -3.80. The van der Waals surface area contributed by atoms with Gasteiger partial charge in [-0.15, -0.1) is 0 Å². The summed E-state index contributed by atoms with van der Waals surface area (Å²) in [6, 6.07) is 6.31. The highest BCUT2D eigenvalue weighted by Gasteiger charge is 2.45. The van der Waals surface area contributed by atoms with Gasteiger partial charge in [0.15, 0.2) is 15.5 Å². The van der Waals surface area contributed by atoms with E-state index in [-0.39, 0.29) is 40.2 Å². The van der Waals surface area contributed by atoms with Crippen molar-refractivity contribution in [1.82, 2.24) is 24.5 Å². The normalized spacial score (nSPS) is 20.8. The molecule has 208 valence electrons. The quantitative estimate of drug-likeness (QED) is 0.374. The molecule has 0 unspecified atom stereocenters. The molecule has 2 aliphatic heterocycles. The number of carbonyl (C=O) groups is 1. The second-order valence-electron chi connectivity index (χ2n) is 10.3. The highest BCUT2D eigenvalue weighted by Crippen LogP contribution is 2.45. The first-order chi connectivity index (χ1) is 19.1. The lowest BCUT2D eigenvalue weighted by atomic mass is 9.87. The number of benzene rings is 1. The van der Waals surface area contributed by atoms with Crippen LogP contribution in [0, 0.1) is 11.6 Å². The number of hydrogen-bond acceptors (Lipinski definition) is 8. The zero-order chi connectivity index (χ0) is 28.3. The third kappa shape index (κ3) is 4.29. The predicted octanol–water partition coefficient (Wildman–Crippen LogP) is 2.95. The Kier molecular flexibility index (Phi) is 6.30. The molecule has 40 heavy (non-hydrogen) atoms. The van der Waals surface area contributed by atoms with Crippen molar-refractivity contribution in [2.24, 2.45) is 0 Å². The zero-order valence-electron chi connectivity index (χ0n) is 21.5. The van der Waals surface area contributed by atoms with E-state index in [1.807, 2.05) is 0 Å². The van der Waals surface area contributed by atoms with Crippen LogP contribution in [0.15, 0.2) is 47.6 Å². The Morgan fingerprint density at radius 3 is 2.42 bits per heavy atom. The highest BCUT2D eigenvalue weighted by atomic mass is 32.2. The molecule has 3 N–H and O–H groups in total. The van der Waals surface area contributed by atoms with Crippen LogP contribution in [0.2, 0.25) is 0 Å². The number of carbonyl (C=O) groups excluding carboxylic acids is 1. The summed E-state index contributed by atoms with van der Waals surface area (Å²) in [6.45, 7) is -0.566. The molecule has 3 aromatic heterocycles. The average Bonchev–Trinajstić information content (AvgIpc) is 3.45. The Balaban J connectivity index is 1.43. The van der Waals surface area contributed by atoms with Gasteiger partial charge in [-0.1, -0.05) is 6.07 Å². The monoisotopic (exact) mass is 568 g/mol. The van der Waals surface area contributed by atoms with Crippen molar-refractivity contribution < 1.29 is 27.1 Å². The van der Waals surface area contributed by atoms with Crippen LogP contribution in [-0.4, -0.2) is 68.9 Å². The fraction of sp³-hybridized carbons (Fsp3) is 0.333. The number of sulfone groups is 1. The van der Waals surface area contributed by atoms with E-state index in [1.165, 1.54) is 23.0 Å². The van der Waals surface area contributed by atoms with Crippen LogP contribution in [0.1, 0.15) is 37.3 Å². The molecule has 2 saturated heterocycles. The van der Waals surface area contributed by atoms with Crippen molar-refractivity contribution >= 4 is 27.2 Å². The van der Waals surface area contributed by atoms with Crippen molar-refractivity contribution in [3.8, 4) is 22.4 Å². The number of aliphatic hydroxyl groups is 1. The molecule has 2 bridgehead atoms. The molecule has 5 heterocycles. The molecular weight excluding hydrogens is 542 g/mol. The lowest BCUT2D eigenvalue weighted by Crippen LogP contribution is -2.47. The number of fused-ring (bicyclic) bond motifs is 3. The van der Waals surface area contributed by atoms with Gasteiger partial charge in [-0.05, 0) is 43.9 Å². The van der Waals surface area contributed by atoms with Gasteiger partial charge in [-0.25, -0.2) is 22.2 Å². The number of halogens is 2. The fourth-order valence-corrected chi connectivity index (χ4v) is 7.24. The maximum Gasteiger partial charge on any atom is 0.248 e. The van der Waals surface area contributed by atoms with Gasteiger partial charge < -0.3 is 15.7 Å². The summed E-state index contributed by atoms with van der Waals surface area (Å²) in [4.78, 5) is 23.1. The minimum atomic E-state index is -3.80. The summed E-state index contributed by atoms with van der Waals surface area (Å²) in [5, 5.41) is 13.7. The van der Waals surface area contributed by atoms with E-state index >= 15 is 0 Å². The van der Waals surface area contributed by atoms with Gasteiger partial charge in [0, 0.05) is 53.2 Å². The van der Waals surface area contributed by atoms with Crippen molar-refractivity contribution in [3.05, 3.63) is 60.1 Å². The number of anilines is 1. The van der Waals surface area contributed by atoms with Gasteiger partial charge >= 0.3 is 0 Å². The Bertz CT molecular complexity index is 1750. The largest absolute Gasteiger partial charge is 0.387 e. The van der Waals surface area contributed by atoms with Crippen molar-refractivity contribution in [2.45, 2.75) is 48.6 Å². The van der Waals surface area contributed by atoms with Gasteiger partial charge in [0.25, 0.3) is 0 Å². The van der Waals surface area contributed by atoms with E-state index in [4.69, 9.17) is 10.7 Å². The summed E-state index contributed by atoms with van der Waals surface area (Å²) in [6.07, 6.45) is 6.63. The van der Waals surface area contributed by atoms with Gasteiger partial charge in [-0.3, -0.25) is 9.78 Å². The maximum atomic E-state index is 14.3. The van der Waals surface area contributed by atoms with Crippen LogP contribution < -0.4 is 5.73 Å². The van der Waals surface area contributed by atoms with Gasteiger partial charge in [0.2, 0.25) is 5.91 Å². The first-order valence-electron chi connectivity index (χ1n) is 12.8. The first kappa shape index (κ1) is 26.3. The molecule has 0 radical (unpaired) electrons. The summed E-state index contributed by atoms with van der Waals surface area (Å²) >= 11 is 0. The minimum absolute atomic E-state index is 0.0621. The van der Waals surface area contributed by atoms with Crippen LogP contribution in [0.4, 0.5) is 14.6 Å². The van der Waals surface area contributed by atoms with Crippen molar-refractivity contribution in [3.63, 3.8) is 0 Å². The molecule has 6 rings (SSSR count). The Morgan fingerprint density at radius 2 is 1.82 bits per heavy atom. The highest BCUT2D eigenvalue weighted by molar-refractivity contribution is 7.91. The van der Waals surface area contributed by atoms with E-state index in [1.54, 1.807) is 17.0 Å². The summed E-state index contributed by atoms with van der Waals surface area (Å²) in [5.74, 6) is -2.08. The fourth-order valence-electron chi connectivity index (χ4n) is 6.18. The van der Waals surface area contributed by atoms with Gasteiger partial charge in [-0.2, -0.15) is 9.61 Å². The number of nitrogens with zero attached hydrogens (tertiary/aromatic N) is 5. The molecule has 0 aliphatic carbocycles. The Morgan fingerprint density at radius 1 is 1.10 bits per heavy atom. The lowest BCUT2D eigenvalue weighted by Gasteiger charge is -2.39. The smallest absolute Gasteiger partial charge is 0.248 e. The molecule has 10 nitrogen and oxygen atoms in total. The molecule has 1 amide bonds. The lowest BCUT2D eigenvalue weighted by molar-refractivity contribution is -0.138. The van der Waals surface area contributed by atoms with Gasteiger partial charge in [0.1, 0.15) is 29.0 Å². The molecule has 4 aromatic rings. The Labute approximate surface area is 228 Å². The number of aromatic nitrogens is 4. The maximum absolute atomic E-state index is 14.3. The zero-order valence-corrected chi connectivity index (χ0v) is 22.3. The van der Waals surface area contributed by atoms with Crippen LogP contribution >= 0.6 is 0 Å². The van der Waals surface area contributed by atoms with Crippen molar-refractivity contribution in [2.75, 3.05) is 18.6 Å². The molecule has 0 spiro atoms. The number of pyridine rings is 1. The summed E-state index contributed by atoms with van der Waals surface area (Å²) in [5.41, 5.74) is 8.68. The first-order valence-corrected chi connectivity index (χ1v) is 14.7. The van der Waals surface area contributed by atoms with Crippen LogP contribution in [-0.2, 0) is 14.6 Å². The minimum Gasteiger partial charge on any atom is -0.387 e. The van der Waals surface area contributed by atoms with Crippen LogP contribution in [0.3, 0.4) is 0 Å². The number of rotatable bonds is 5. The molecule has 2 fully saturated rings. The molecule has 2 aliphatic rings. The Hall–Kier alpha value is -3.97. The number of hydrogen-bond donors (Lipinski definition) is 2. The van der Waals surface area contributed by atoms with E-state index in [0.29, 0.717) is 41.0 Å². The van der Waals surface area contributed by atoms with Crippen LogP contribution in [0.5, 0.6) is 0 Å². The standard InChI is InChI=1S/C27H26F2N6O4S/c1-40(38,39)25-24(15-8-17-4-5-18(9-15)34(17)23(37)13-36)33-27-20(12-32-35(27)26(25)30)14-2-7-22(31-11-14)19-6-3-16(28)10-21(19)29/h2-3,6-7,10-12,15,17-18,36H,4-5,8-9,13,30H2,1H3/t15-,17+,18-. The number of nitrogen functional groups attached to an aromatic ring is 1. The third-order valence-electron chi connectivity index (χ3n) is 7.86. The molecular formula is C27H26F2N6O4S. The summed E-state index contributed by atoms with van der Waals surface area (Å²) < 4.78 is 54.7. The van der Waals surface area contributed by atoms with Crippen molar-refractivity contribution in [1.29, 1.82) is 0 Å².